The highest BCUT2D eigenvalue weighted by Crippen LogP contribution is 2.22. The fourth-order valence-electron chi connectivity index (χ4n) is 3.51. The predicted molar refractivity (Wildman–Crippen MR) is 123 cm³/mol. The maximum Gasteiger partial charge on any atom is 0.273 e. The van der Waals surface area contributed by atoms with E-state index in [2.05, 4.69) is 34.3 Å². The zero-order valence-electron chi connectivity index (χ0n) is 17.8. The fourth-order valence-corrected chi connectivity index (χ4v) is 3.51. The van der Waals surface area contributed by atoms with E-state index in [1.54, 1.807) is 12.1 Å². The van der Waals surface area contributed by atoms with Crippen LogP contribution in [0.5, 0.6) is 0 Å². The van der Waals surface area contributed by atoms with Crippen molar-refractivity contribution < 1.29 is 14.0 Å². The van der Waals surface area contributed by atoms with Gasteiger partial charge < -0.3 is 15.1 Å². The van der Waals surface area contributed by atoms with Gasteiger partial charge in [0.2, 0.25) is 5.55 Å². The Balaban J connectivity index is 1.72. The molecule has 2 aromatic carbocycles. The molecule has 2 amide bonds. The van der Waals surface area contributed by atoms with Crippen LogP contribution < -0.4 is 21.6 Å². The lowest BCUT2D eigenvalue weighted by Crippen LogP contribution is -2.27. The Morgan fingerprint density at radius 3 is 2.59 bits per heavy atom. The SMILES string of the molecule is CCN(CC)c1ccc2cc(C(N)=O)/c(=N/NC(=O)c3cnc4ccccc4c3)oc2c1. The molecular formula is C24H23N5O3. The first kappa shape index (κ1) is 21.0. The number of pyridine rings is 1. The fraction of sp³-hybridized carbons (Fsp3) is 0.167. The van der Waals surface area contributed by atoms with E-state index < -0.39 is 11.8 Å². The Morgan fingerprint density at radius 1 is 1.06 bits per heavy atom. The van der Waals surface area contributed by atoms with E-state index in [0.717, 1.165) is 29.7 Å². The van der Waals surface area contributed by atoms with E-state index in [1.165, 1.54) is 6.20 Å². The number of nitrogens with one attached hydrogen (secondary N) is 1. The molecule has 8 heteroatoms. The number of hydrogen-bond donors (Lipinski definition) is 2. The van der Waals surface area contributed by atoms with Crippen LogP contribution in [0.25, 0.3) is 21.9 Å². The molecular weight excluding hydrogens is 406 g/mol. The number of amides is 2. The summed E-state index contributed by atoms with van der Waals surface area (Å²) in [4.78, 5) is 31.0. The van der Waals surface area contributed by atoms with Crippen LogP contribution in [0.4, 0.5) is 5.69 Å². The Bertz CT molecular complexity index is 1390. The highest BCUT2D eigenvalue weighted by molar-refractivity contribution is 5.97. The zero-order valence-corrected chi connectivity index (χ0v) is 17.8. The van der Waals surface area contributed by atoms with Crippen molar-refractivity contribution in [3.8, 4) is 0 Å². The van der Waals surface area contributed by atoms with Gasteiger partial charge in [0.25, 0.3) is 11.8 Å². The van der Waals surface area contributed by atoms with Crippen molar-refractivity contribution in [1.29, 1.82) is 0 Å². The molecule has 4 aromatic rings. The maximum absolute atomic E-state index is 12.6. The van der Waals surface area contributed by atoms with Gasteiger partial charge in [-0.2, -0.15) is 0 Å². The van der Waals surface area contributed by atoms with Crippen molar-refractivity contribution >= 4 is 39.4 Å². The highest BCUT2D eigenvalue weighted by atomic mass is 16.3. The summed E-state index contributed by atoms with van der Waals surface area (Å²) in [6, 6.07) is 16.5. The summed E-state index contributed by atoms with van der Waals surface area (Å²) in [6.45, 7) is 5.82. The summed E-state index contributed by atoms with van der Waals surface area (Å²) >= 11 is 0. The van der Waals surface area contributed by atoms with Gasteiger partial charge in [0.1, 0.15) is 11.1 Å². The number of rotatable bonds is 6. The number of para-hydroxylation sites is 1. The molecule has 0 spiro atoms. The van der Waals surface area contributed by atoms with Crippen molar-refractivity contribution in [1.82, 2.24) is 10.4 Å². The van der Waals surface area contributed by atoms with Crippen LogP contribution in [0, 0.1) is 0 Å². The minimum absolute atomic E-state index is 0.0659. The first-order valence-corrected chi connectivity index (χ1v) is 10.3. The zero-order chi connectivity index (χ0) is 22.7. The van der Waals surface area contributed by atoms with Gasteiger partial charge in [-0.25, -0.2) is 5.43 Å². The highest BCUT2D eigenvalue weighted by Gasteiger charge is 2.12. The van der Waals surface area contributed by atoms with Crippen LogP contribution >= 0.6 is 0 Å². The van der Waals surface area contributed by atoms with E-state index in [0.29, 0.717) is 16.5 Å². The number of carbonyl (C=O) groups is 2. The number of carbonyl (C=O) groups excluding carboxylic acids is 2. The summed E-state index contributed by atoms with van der Waals surface area (Å²) in [5, 5.41) is 5.58. The minimum atomic E-state index is -0.705. The van der Waals surface area contributed by atoms with Crippen molar-refractivity contribution in [3.63, 3.8) is 0 Å². The van der Waals surface area contributed by atoms with Crippen LogP contribution in [0.15, 0.2) is 70.3 Å². The number of fused-ring (bicyclic) bond motifs is 2. The predicted octanol–water partition coefficient (Wildman–Crippen LogP) is 3.17. The molecule has 0 saturated heterocycles. The number of primary amides is 1. The minimum Gasteiger partial charge on any atom is -0.436 e. The largest absolute Gasteiger partial charge is 0.436 e. The van der Waals surface area contributed by atoms with Crippen LogP contribution in [-0.4, -0.2) is 29.9 Å². The summed E-state index contributed by atoms with van der Waals surface area (Å²) < 4.78 is 5.87. The lowest BCUT2D eigenvalue weighted by atomic mass is 10.1. The van der Waals surface area contributed by atoms with E-state index >= 15 is 0 Å². The summed E-state index contributed by atoms with van der Waals surface area (Å²) in [6.07, 6.45) is 1.47. The molecule has 8 nitrogen and oxygen atoms in total. The van der Waals surface area contributed by atoms with Gasteiger partial charge >= 0.3 is 0 Å². The molecule has 0 aliphatic rings. The standard InChI is InChI=1S/C24H23N5O3/c1-3-29(4-2)18-10-9-16-12-19(22(25)30)24(32-21(16)13-18)28-27-23(31)17-11-15-7-5-6-8-20(15)26-14-17/h5-14H,3-4H2,1-2H3,(H2,25,30)(H,27,31)/b28-24-. The average Bonchev–Trinajstić information content (AvgIpc) is 2.82. The van der Waals surface area contributed by atoms with Crippen molar-refractivity contribution in [2.45, 2.75) is 13.8 Å². The van der Waals surface area contributed by atoms with Gasteiger partial charge in [-0.05, 0) is 44.2 Å². The van der Waals surface area contributed by atoms with Crippen LogP contribution in [0.3, 0.4) is 0 Å². The van der Waals surface area contributed by atoms with Crippen molar-refractivity contribution in [2.75, 3.05) is 18.0 Å². The molecule has 0 atom stereocenters. The Hall–Kier alpha value is -4.20. The molecule has 0 aliphatic heterocycles. The third kappa shape index (κ3) is 4.15. The van der Waals surface area contributed by atoms with Gasteiger partial charge in [-0.15, -0.1) is 5.10 Å². The van der Waals surface area contributed by atoms with Crippen LogP contribution in [0.1, 0.15) is 34.6 Å². The molecule has 2 heterocycles. The summed E-state index contributed by atoms with van der Waals surface area (Å²) in [5.41, 5.74) is 10.6. The molecule has 2 aromatic heterocycles. The molecule has 4 rings (SSSR count). The van der Waals surface area contributed by atoms with E-state index in [4.69, 9.17) is 10.2 Å². The molecule has 0 fully saturated rings. The molecule has 162 valence electrons. The first-order valence-electron chi connectivity index (χ1n) is 10.3. The summed E-state index contributed by atoms with van der Waals surface area (Å²) in [7, 11) is 0. The number of nitrogens with zero attached hydrogens (tertiary/aromatic N) is 3. The van der Waals surface area contributed by atoms with Gasteiger partial charge in [-0.1, -0.05) is 18.2 Å². The second kappa shape index (κ2) is 8.89. The van der Waals surface area contributed by atoms with Crippen LogP contribution in [-0.2, 0) is 0 Å². The topological polar surface area (TPSA) is 114 Å². The number of anilines is 1. The number of nitrogens with two attached hydrogens (primary N) is 1. The van der Waals surface area contributed by atoms with Crippen molar-refractivity contribution in [3.05, 3.63) is 77.5 Å². The van der Waals surface area contributed by atoms with E-state index in [9.17, 15) is 9.59 Å². The Kier molecular flexibility index (Phi) is 5.85. The molecule has 3 N–H and O–H groups in total. The number of hydrogen-bond acceptors (Lipinski definition) is 6. The smallest absolute Gasteiger partial charge is 0.273 e. The van der Waals surface area contributed by atoms with Crippen LogP contribution in [0.2, 0.25) is 0 Å². The Morgan fingerprint density at radius 2 is 1.84 bits per heavy atom. The third-order valence-corrected chi connectivity index (χ3v) is 5.24. The second-order valence-corrected chi connectivity index (χ2v) is 7.19. The van der Waals surface area contributed by atoms with Crippen molar-refractivity contribution in [2.24, 2.45) is 10.8 Å². The first-order chi connectivity index (χ1) is 15.5. The maximum atomic E-state index is 12.6. The normalized spacial score (nSPS) is 11.6. The van der Waals surface area contributed by atoms with Gasteiger partial charge in [0, 0.05) is 41.8 Å². The monoisotopic (exact) mass is 429 g/mol. The average molecular weight is 429 g/mol. The number of benzene rings is 2. The molecule has 0 saturated carbocycles. The van der Waals surface area contributed by atoms with Gasteiger partial charge in [-0.3, -0.25) is 14.6 Å². The quantitative estimate of drug-likeness (QED) is 0.457. The van der Waals surface area contributed by atoms with Gasteiger partial charge in [0.05, 0.1) is 11.1 Å². The lowest BCUT2D eigenvalue weighted by Gasteiger charge is -2.21. The molecule has 0 unspecified atom stereocenters. The van der Waals surface area contributed by atoms with Gasteiger partial charge in [0.15, 0.2) is 0 Å². The lowest BCUT2D eigenvalue weighted by molar-refractivity contribution is 0.0946. The van der Waals surface area contributed by atoms with E-state index in [1.807, 2.05) is 42.5 Å². The number of aromatic nitrogens is 1. The summed E-state index contributed by atoms with van der Waals surface area (Å²) in [5.74, 6) is -1.19. The third-order valence-electron chi connectivity index (χ3n) is 5.24. The molecule has 0 radical (unpaired) electrons. The molecule has 0 bridgehead atoms. The second-order valence-electron chi connectivity index (χ2n) is 7.19. The Labute approximate surface area is 184 Å². The van der Waals surface area contributed by atoms with E-state index in [-0.39, 0.29) is 11.1 Å². The molecule has 0 aliphatic carbocycles. The molecule has 32 heavy (non-hydrogen) atoms.